The molecule has 108 valence electrons. The van der Waals surface area contributed by atoms with E-state index in [-0.39, 0.29) is 16.5 Å². The molecule has 2 rings (SSSR count). The second-order valence-electron chi connectivity index (χ2n) is 4.91. The zero-order valence-electron chi connectivity index (χ0n) is 11.4. The quantitative estimate of drug-likeness (QED) is 0.850. The Morgan fingerprint density at radius 1 is 1.25 bits per heavy atom. The van der Waals surface area contributed by atoms with Gasteiger partial charge in [0.1, 0.15) is 0 Å². The second-order valence-corrected chi connectivity index (χ2v) is 5.72. The van der Waals surface area contributed by atoms with Crippen molar-refractivity contribution in [3.05, 3.63) is 27.7 Å². The van der Waals surface area contributed by atoms with Gasteiger partial charge in [0.15, 0.2) is 0 Å². The van der Waals surface area contributed by atoms with Gasteiger partial charge in [-0.25, -0.2) is 0 Å². The number of rotatable bonds is 5. The molecule has 20 heavy (non-hydrogen) atoms. The van der Waals surface area contributed by atoms with Gasteiger partial charge in [0.05, 0.1) is 21.3 Å². The molecule has 0 aromatic heterocycles. The number of fused-ring (bicyclic) bond motifs is 1. The fourth-order valence-corrected chi connectivity index (χ4v) is 2.79. The summed E-state index contributed by atoms with van der Waals surface area (Å²) in [4.78, 5) is 25.6. The lowest BCUT2D eigenvalue weighted by Gasteiger charge is -2.22. The van der Waals surface area contributed by atoms with Crippen LogP contribution in [0.15, 0.2) is 12.1 Å². The van der Waals surface area contributed by atoms with Crippen molar-refractivity contribution < 1.29 is 9.59 Å². The molecule has 0 saturated heterocycles. The summed E-state index contributed by atoms with van der Waals surface area (Å²) >= 11 is 12.2. The van der Waals surface area contributed by atoms with E-state index in [1.54, 1.807) is 12.1 Å². The zero-order chi connectivity index (χ0) is 14.9. The van der Waals surface area contributed by atoms with E-state index in [0.29, 0.717) is 17.3 Å². The van der Waals surface area contributed by atoms with Gasteiger partial charge in [-0.1, -0.05) is 37.0 Å². The molecule has 0 radical (unpaired) electrons. The molecule has 1 aromatic rings. The molecule has 4 nitrogen and oxygen atoms in total. The number of carbonyl (C=O) groups is 2. The number of ketones is 1. The Bertz CT molecular complexity index is 560. The van der Waals surface area contributed by atoms with E-state index < -0.39 is 11.7 Å². The number of nitrogens with one attached hydrogen (secondary N) is 1. The summed E-state index contributed by atoms with van der Waals surface area (Å²) in [6.07, 6.45) is 0. The Morgan fingerprint density at radius 3 is 2.55 bits per heavy atom. The smallest absolute Gasteiger partial charge is 0.299 e. The minimum absolute atomic E-state index is 0.202. The Balaban J connectivity index is 2.31. The summed E-state index contributed by atoms with van der Waals surface area (Å²) in [7, 11) is 0. The van der Waals surface area contributed by atoms with E-state index in [0.717, 1.165) is 13.1 Å². The highest BCUT2D eigenvalue weighted by atomic mass is 35.5. The summed E-state index contributed by atoms with van der Waals surface area (Å²) in [6, 6.07) is 3.15. The van der Waals surface area contributed by atoms with Crippen LogP contribution in [0.2, 0.25) is 10.0 Å². The van der Waals surface area contributed by atoms with E-state index >= 15 is 0 Å². The molecule has 1 atom stereocenters. The third-order valence-corrected chi connectivity index (χ3v) is 3.87. The van der Waals surface area contributed by atoms with Crippen molar-refractivity contribution in [1.82, 2.24) is 5.32 Å². The highest BCUT2D eigenvalue weighted by Crippen LogP contribution is 2.40. The van der Waals surface area contributed by atoms with Crippen molar-refractivity contribution in [2.24, 2.45) is 5.92 Å². The number of Topliss-reactive ketones (excluding diaryl/α,β-unsaturated/α-hetero) is 1. The number of hydrogen-bond acceptors (Lipinski definition) is 3. The third-order valence-electron chi connectivity index (χ3n) is 3.25. The first-order chi connectivity index (χ1) is 9.47. The molecule has 1 unspecified atom stereocenters. The maximum absolute atomic E-state index is 12.1. The topological polar surface area (TPSA) is 49.4 Å². The first-order valence-electron chi connectivity index (χ1n) is 6.52. The van der Waals surface area contributed by atoms with E-state index in [2.05, 4.69) is 5.32 Å². The lowest BCUT2D eigenvalue weighted by molar-refractivity contribution is -0.114. The van der Waals surface area contributed by atoms with Gasteiger partial charge in [-0.05, 0) is 31.1 Å². The van der Waals surface area contributed by atoms with Crippen molar-refractivity contribution in [1.29, 1.82) is 0 Å². The standard InChI is InChI=1S/C14H16Cl2N2O2/c1-3-17-6-8(2)7-18-12-10(16)5-4-9(15)11(12)13(19)14(18)20/h4-5,8,17H,3,6-7H2,1-2H3. The van der Waals surface area contributed by atoms with E-state index in [9.17, 15) is 9.59 Å². The van der Waals surface area contributed by atoms with Crippen LogP contribution < -0.4 is 10.2 Å². The van der Waals surface area contributed by atoms with Crippen molar-refractivity contribution in [2.45, 2.75) is 13.8 Å². The maximum atomic E-state index is 12.1. The third kappa shape index (κ3) is 2.68. The van der Waals surface area contributed by atoms with Gasteiger partial charge in [-0.15, -0.1) is 0 Å². The van der Waals surface area contributed by atoms with Crippen LogP contribution >= 0.6 is 23.2 Å². The van der Waals surface area contributed by atoms with E-state index in [1.165, 1.54) is 4.90 Å². The Morgan fingerprint density at radius 2 is 1.90 bits per heavy atom. The van der Waals surface area contributed by atoms with Crippen molar-refractivity contribution in [3.63, 3.8) is 0 Å². The molecule has 1 N–H and O–H groups in total. The molecule has 0 spiro atoms. The Hall–Kier alpha value is -1.10. The van der Waals surface area contributed by atoms with Crippen LogP contribution in [0, 0.1) is 5.92 Å². The minimum Gasteiger partial charge on any atom is -0.317 e. The molecule has 0 saturated carbocycles. The highest BCUT2D eigenvalue weighted by molar-refractivity contribution is 6.56. The summed E-state index contributed by atoms with van der Waals surface area (Å²) in [6.45, 7) is 6.09. The zero-order valence-corrected chi connectivity index (χ0v) is 12.9. The lowest BCUT2D eigenvalue weighted by Crippen LogP contribution is -2.37. The van der Waals surface area contributed by atoms with Crippen LogP contribution in [-0.4, -0.2) is 31.3 Å². The molecule has 1 heterocycles. The van der Waals surface area contributed by atoms with Crippen LogP contribution in [0.1, 0.15) is 24.2 Å². The minimum atomic E-state index is -0.580. The van der Waals surface area contributed by atoms with E-state index in [4.69, 9.17) is 23.2 Å². The molecular weight excluding hydrogens is 299 g/mol. The number of benzene rings is 1. The molecule has 0 fully saturated rings. The number of carbonyl (C=O) groups excluding carboxylic acids is 2. The number of anilines is 1. The molecule has 0 bridgehead atoms. The summed E-state index contributed by atoms with van der Waals surface area (Å²) in [5.41, 5.74) is 0.664. The van der Waals surface area contributed by atoms with Crippen molar-refractivity contribution in [3.8, 4) is 0 Å². The molecule has 1 aliphatic rings. The average Bonchev–Trinajstić information content (AvgIpc) is 2.67. The maximum Gasteiger partial charge on any atom is 0.299 e. The Kier molecular flexibility index (Phi) is 4.68. The number of nitrogens with zero attached hydrogens (tertiary/aromatic N) is 1. The Labute approximate surface area is 128 Å². The first-order valence-corrected chi connectivity index (χ1v) is 7.27. The van der Waals surface area contributed by atoms with Crippen molar-refractivity contribution >= 4 is 40.6 Å². The van der Waals surface area contributed by atoms with Crippen LogP contribution in [0.3, 0.4) is 0 Å². The predicted molar refractivity (Wildman–Crippen MR) is 80.9 cm³/mol. The van der Waals surface area contributed by atoms with Gasteiger partial charge in [0, 0.05) is 6.54 Å². The van der Waals surface area contributed by atoms with Crippen LogP contribution in [-0.2, 0) is 4.79 Å². The number of amides is 1. The number of hydrogen-bond donors (Lipinski definition) is 1. The fourth-order valence-electron chi connectivity index (χ4n) is 2.29. The normalized spacial score (nSPS) is 15.7. The van der Waals surface area contributed by atoms with Gasteiger partial charge >= 0.3 is 0 Å². The van der Waals surface area contributed by atoms with Crippen molar-refractivity contribution in [2.75, 3.05) is 24.5 Å². The fraction of sp³-hybridized carbons (Fsp3) is 0.429. The summed E-state index contributed by atoms with van der Waals surface area (Å²) in [5, 5.41) is 3.86. The van der Waals surface area contributed by atoms with Crippen LogP contribution in [0.4, 0.5) is 5.69 Å². The number of halogens is 2. The van der Waals surface area contributed by atoms with Gasteiger partial charge in [-0.2, -0.15) is 0 Å². The first kappa shape index (κ1) is 15.3. The molecule has 1 aliphatic heterocycles. The van der Waals surface area contributed by atoms with Gasteiger partial charge in [-0.3, -0.25) is 9.59 Å². The predicted octanol–water partition coefficient (Wildman–Crippen LogP) is 2.77. The lowest BCUT2D eigenvalue weighted by atomic mass is 10.1. The molecule has 6 heteroatoms. The SMILES string of the molecule is CCNCC(C)CN1C(=O)C(=O)c2c(Cl)ccc(Cl)c21. The van der Waals surface area contributed by atoms with E-state index in [1.807, 2.05) is 13.8 Å². The molecule has 0 aliphatic carbocycles. The van der Waals surface area contributed by atoms with Gasteiger partial charge < -0.3 is 10.2 Å². The molecule has 1 amide bonds. The summed E-state index contributed by atoms with van der Waals surface area (Å²) in [5.74, 6) is -0.936. The highest BCUT2D eigenvalue weighted by Gasteiger charge is 2.39. The molecule has 1 aromatic carbocycles. The second kappa shape index (κ2) is 6.12. The van der Waals surface area contributed by atoms with Gasteiger partial charge in [0.25, 0.3) is 11.7 Å². The van der Waals surface area contributed by atoms with Gasteiger partial charge in [0.2, 0.25) is 0 Å². The average molecular weight is 315 g/mol. The van der Waals surface area contributed by atoms with Crippen LogP contribution in [0.25, 0.3) is 0 Å². The monoisotopic (exact) mass is 314 g/mol. The summed E-state index contributed by atoms with van der Waals surface area (Å²) < 4.78 is 0. The largest absolute Gasteiger partial charge is 0.317 e. The molecular formula is C14H16Cl2N2O2. The van der Waals surface area contributed by atoms with Crippen LogP contribution in [0.5, 0.6) is 0 Å².